The Hall–Kier alpha value is -2.07. The molecule has 0 radical (unpaired) electrons. The Kier molecular flexibility index (Phi) is 3.55. The van der Waals surface area contributed by atoms with E-state index in [1.165, 1.54) is 5.56 Å². The molecule has 4 heteroatoms. The van der Waals surface area contributed by atoms with Crippen molar-refractivity contribution in [3.63, 3.8) is 0 Å². The Morgan fingerprint density at radius 1 is 1.00 bits per heavy atom. The van der Waals surface area contributed by atoms with E-state index < -0.39 is 0 Å². The number of aromatic nitrogens is 2. The van der Waals surface area contributed by atoms with Gasteiger partial charge in [0.2, 0.25) is 0 Å². The Morgan fingerprint density at radius 2 is 1.71 bits per heavy atom. The Bertz CT molecular complexity index is 788. The highest BCUT2D eigenvalue weighted by Crippen LogP contribution is 2.26. The number of benzene rings is 2. The van der Waals surface area contributed by atoms with Crippen LogP contribution in [0.25, 0.3) is 16.9 Å². The van der Waals surface area contributed by atoms with Crippen LogP contribution in [0.4, 0.5) is 5.82 Å². The predicted molar refractivity (Wildman–Crippen MR) is 90.6 cm³/mol. The normalized spacial score (nSPS) is 10.8. The first kappa shape index (κ1) is 13.9. The highest BCUT2D eigenvalue weighted by Gasteiger charge is 2.10. The van der Waals surface area contributed by atoms with Crippen LogP contribution in [0, 0.1) is 13.8 Å². The summed E-state index contributed by atoms with van der Waals surface area (Å²) in [5.41, 5.74) is 11.4. The zero-order valence-electron chi connectivity index (χ0n) is 12.0. The van der Waals surface area contributed by atoms with Crippen molar-refractivity contribution in [3.05, 3.63) is 64.1 Å². The highest BCUT2D eigenvalue weighted by molar-refractivity contribution is 9.10. The molecule has 0 aliphatic carbocycles. The molecule has 0 unspecified atom stereocenters. The molecule has 1 aromatic heterocycles. The third kappa shape index (κ3) is 2.72. The van der Waals surface area contributed by atoms with Crippen LogP contribution in [0.3, 0.4) is 0 Å². The Balaban J connectivity index is 2.07. The topological polar surface area (TPSA) is 43.8 Å². The molecule has 106 valence electrons. The maximum absolute atomic E-state index is 6.14. The van der Waals surface area contributed by atoms with Crippen LogP contribution < -0.4 is 5.73 Å². The van der Waals surface area contributed by atoms with Crippen molar-refractivity contribution < 1.29 is 0 Å². The van der Waals surface area contributed by atoms with E-state index in [1.807, 2.05) is 25.1 Å². The SMILES string of the molecule is Cc1ccc(-c2cc(N)n(-c3ccc(Br)cc3C)n2)cc1. The molecule has 21 heavy (non-hydrogen) atoms. The van der Waals surface area contributed by atoms with E-state index in [9.17, 15) is 0 Å². The van der Waals surface area contributed by atoms with Crippen molar-refractivity contribution in [2.45, 2.75) is 13.8 Å². The number of hydrogen-bond acceptors (Lipinski definition) is 2. The van der Waals surface area contributed by atoms with E-state index in [2.05, 4.69) is 58.3 Å². The van der Waals surface area contributed by atoms with Crippen LogP contribution in [-0.4, -0.2) is 9.78 Å². The van der Waals surface area contributed by atoms with E-state index in [-0.39, 0.29) is 0 Å². The third-order valence-electron chi connectivity index (χ3n) is 3.47. The van der Waals surface area contributed by atoms with E-state index in [0.29, 0.717) is 5.82 Å². The molecule has 0 bridgehead atoms. The molecule has 0 saturated carbocycles. The van der Waals surface area contributed by atoms with E-state index in [1.54, 1.807) is 4.68 Å². The molecule has 0 aliphatic rings. The highest BCUT2D eigenvalue weighted by atomic mass is 79.9. The second kappa shape index (κ2) is 5.37. The van der Waals surface area contributed by atoms with Gasteiger partial charge >= 0.3 is 0 Å². The number of nitrogen functional groups attached to an aromatic ring is 1. The van der Waals surface area contributed by atoms with Gasteiger partial charge in [0.05, 0.1) is 11.4 Å². The molecule has 0 atom stereocenters. The maximum atomic E-state index is 6.14. The van der Waals surface area contributed by atoms with Gasteiger partial charge in [0.25, 0.3) is 0 Å². The molecule has 2 aromatic carbocycles. The number of nitrogens with two attached hydrogens (primary N) is 1. The minimum absolute atomic E-state index is 0.635. The van der Waals surface area contributed by atoms with Gasteiger partial charge in [-0.15, -0.1) is 0 Å². The van der Waals surface area contributed by atoms with Gasteiger partial charge in [0, 0.05) is 16.1 Å². The fraction of sp³-hybridized carbons (Fsp3) is 0.118. The molecule has 1 heterocycles. The van der Waals surface area contributed by atoms with Crippen molar-refractivity contribution in [1.29, 1.82) is 0 Å². The third-order valence-corrected chi connectivity index (χ3v) is 3.96. The standard InChI is InChI=1S/C17H16BrN3/c1-11-3-5-13(6-4-11)15-10-17(19)21(20-15)16-8-7-14(18)9-12(16)2/h3-10H,19H2,1-2H3. The van der Waals surface area contributed by atoms with Crippen LogP contribution in [0.2, 0.25) is 0 Å². The van der Waals surface area contributed by atoms with Crippen LogP contribution >= 0.6 is 15.9 Å². The number of hydrogen-bond donors (Lipinski definition) is 1. The van der Waals surface area contributed by atoms with Gasteiger partial charge in [0.1, 0.15) is 5.82 Å². The fourth-order valence-corrected chi connectivity index (χ4v) is 2.79. The lowest BCUT2D eigenvalue weighted by atomic mass is 10.1. The van der Waals surface area contributed by atoms with Gasteiger partial charge in [-0.25, -0.2) is 4.68 Å². The van der Waals surface area contributed by atoms with Gasteiger partial charge in [0.15, 0.2) is 0 Å². The van der Waals surface area contributed by atoms with Gasteiger partial charge in [-0.1, -0.05) is 45.8 Å². The van der Waals surface area contributed by atoms with Crippen LogP contribution in [0.1, 0.15) is 11.1 Å². The lowest BCUT2D eigenvalue weighted by Gasteiger charge is -2.08. The average Bonchev–Trinajstić information content (AvgIpc) is 2.81. The maximum Gasteiger partial charge on any atom is 0.127 e. The van der Waals surface area contributed by atoms with E-state index >= 15 is 0 Å². The number of aryl methyl sites for hydroxylation is 2. The largest absolute Gasteiger partial charge is 0.384 e. The number of anilines is 1. The minimum atomic E-state index is 0.635. The monoisotopic (exact) mass is 341 g/mol. The molecular formula is C17H16BrN3. The summed E-state index contributed by atoms with van der Waals surface area (Å²) in [6.07, 6.45) is 0. The predicted octanol–water partition coefficient (Wildman–Crippen LogP) is 4.50. The summed E-state index contributed by atoms with van der Waals surface area (Å²) in [7, 11) is 0. The first-order chi connectivity index (χ1) is 10.0. The molecule has 2 N–H and O–H groups in total. The van der Waals surface area contributed by atoms with Gasteiger partial charge in [-0.2, -0.15) is 5.10 Å². The second-order valence-corrected chi connectivity index (χ2v) is 6.08. The van der Waals surface area contributed by atoms with Gasteiger partial charge in [-0.3, -0.25) is 0 Å². The number of halogens is 1. The molecule has 0 aliphatic heterocycles. The molecule has 3 nitrogen and oxygen atoms in total. The Morgan fingerprint density at radius 3 is 2.38 bits per heavy atom. The van der Waals surface area contributed by atoms with Gasteiger partial charge < -0.3 is 5.73 Å². The van der Waals surface area contributed by atoms with Crippen molar-refractivity contribution in [2.24, 2.45) is 0 Å². The quantitative estimate of drug-likeness (QED) is 0.745. The average molecular weight is 342 g/mol. The van der Waals surface area contributed by atoms with Crippen molar-refractivity contribution in [2.75, 3.05) is 5.73 Å². The minimum Gasteiger partial charge on any atom is -0.384 e. The second-order valence-electron chi connectivity index (χ2n) is 5.16. The summed E-state index contributed by atoms with van der Waals surface area (Å²) in [6, 6.07) is 16.3. The first-order valence-electron chi connectivity index (χ1n) is 6.74. The molecular weight excluding hydrogens is 326 g/mol. The zero-order valence-corrected chi connectivity index (χ0v) is 13.6. The summed E-state index contributed by atoms with van der Waals surface area (Å²) >= 11 is 3.48. The van der Waals surface area contributed by atoms with Crippen LogP contribution in [0.15, 0.2) is 53.0 Å². The van der Waals surface area contributed by atoms with E-state index in [4.69, 9.17) is 5.73 Å². The molecule has 0 saturated heterocycles. The molecule has 0 amide bonds. The summed E-state index contributed by atoms with van der Waals surface area (Å²) in [5.74, 6) is 0.635. The zero-order chi connectivity index (χ0) is 15.0. The Labute approximate surface area is 132 Å². The first-order valence-corrected chi connectivity index (χ1v) is 7.53. The summed E-state index contributed by atoms with van der Waals surface area (Å²) in [4.78, 5) is 0. The lowest BCUT2D eigenvalue weighted by molar-refractivity contribution is 0.886. The summed E-state index contributed by atoms with van der Waals surface area (Å²) in [6.45, 7) is 4.12. The van der Waals surface area contributed by atoms with Crippen LogP contribution in [-0.2, 0) is 0 Å². The smallest absolute Gasteiger partial charge is 0.127 e. The summed E-state index contributed by atoms with van der Waals surface area (Å²) < 4.78 is 2.84. The number of rotatable bonds is 2. The van der Waals surface area contributed by atoms with Crippen molar-refractivity contribution >= 4 is 21.7 Å². The summed E-state index contributed by atoms with van der Waals surface area (Å²) in [5, 5.41) is 4.65. The lowest BCUT2D eigenvalue weighted by Crippen LogP contribution is -2.03. The number of nitrogens with zero attached hydrogens (tertiary/aromatic N) is 2. The van der Waals surface area contributed by atoms with Crippen LogP contribution in [0.5, 0.6) is 0 Å². The molecule has 0 spiro atoms. The van der Waals surface area contributed by atoms with Crippen molar-refractivity contribution in [1.82, 2.24) is 9.78 Å². The molecule has 3 aromatic rings. The van der Waals surface area contributed by atoms with Gasteiger partial charge in [-0.05, 0) is 37.6 Å². The van der Waals surface area contributed by atoms with Crippen molar-refractivity contribution in [3.8, 4) is 16.9 Å². The molecule has 0 fully saturated rings. The molecule has 3 rings (SSSR count). The fourth-order valence-electron chi connectivity index (χ4n) is 2.31. The van der Waals surface area contributed by atoms with E-state index in [0.717, 1.165) is 27.0 Å².